The van der Waals surface area contributed by atoms with E-state index in [1.54, 1.807) is 7.11 Å². The third-order valence-electron chi connectivity index (χ3n) is 6.27. The minimum Gasteiger partial charge on any atom is -0.495 e. The van der Waals surface area contributed by atoms with Crippen LogP contribution in [0.1, 0.15) is 24.8 Å². The lowest BCUT2D eigenvalue weighted by Gasteiger charge is -2.43. The molecule has 0 bridgehead atoms. The van der Waals surface area contributed by atoms with Crippen molar-refractivity contribution in [1.82, 2.24) is 10.2 Å². The highest BCUT2D eigenvalue weighted by atomic mass is 16.5. The molecule has 1 heterocycles. The van der Waals surface area contributed by atoms with Crippen LogP contribution in [0.15, 0.2) is 54.6 Å². The molecule has 4 rings (SSSR count). The summed E-state index contributed by atoms with van der Waals surface area (Å²) in [7, 11) is 1.70. The van der Waals surface area contributed by atoms with Gasteiger partial charge in [0.15, 0.2) is 0 Å². The molecular formula is C23H29N3O2. The van der Waals surface area contributed by atoms with Crippen molar-refractivity contribution in [3.63, 3.8) is 0 Å². The van der Waals surface area contributed by atoms with Crippen molar-refractivity contribution in [2.24, 2.45) is 0 Å². The van der Waals surface area contributed by atoms with Crippen molar-refractivity contribution in [3.05, 3.63) is 60.2 Å². The Hall–Kier alpha value is -2.69. The summed E-state index contributed by atoms with van der Waals surface area (Å²) in [5.74, 6) is 0.884. The molecule has 2 amide bonds. The summed E-state index contributed by atoms with van der Waals surface area (Å²) in [6.45, 7) is 3.81. The first-order chi connectivity index (χ1) is 13.7. The zero-order valence-corrected chi connectivity index (χ0v) is 16.6. The fourth-order valence-electron chi connectivity index (χ4n) is 4.36. The number of amides is 2. The molecule has 5 heteroatoms. The molecule has 0 spiro atoms. The van der Waals surface area contributed by atoms with Gasteiger partial charge in [0.05, 0.1) is 12.8 Å². The zero-order valence-electron chi connectivity index (χ0n) is 16.6. The molecule has 0 radical (unpaired) electrons. The van der Waals surface area contributed by atoms with E-state index in [1.165, 1.54) is 12.0 Å². The zero-order chi connectivity index (χ0) is 19.4. The maximum absolute atomic E-state index is 12.8. The molecule has 1 saturated carbocycles. The fourth-order valence-corrected chi connectivity index (χ4v) is 4.36. The van der Waals surface area contributed by atoms with Gasteiger partial charge in [0.1, 0.15) is 5.75 Å². The predicted molar refractivity (Wildman–Crippen MR) is 112 cm³/mol. The second kappa shape index (κ2) is 8.13. The fraction of sp³-hybridized carbons (Fsp3) is 0.435. The third-order valence-corrected chi connectivity index (χ3v) is 6.27. The highest BCUT2D eigenvalue weighted by Crippen LogP contribution is 2.43. The molecule has 1 N–H and O–H groups in total. The van der Waals surface area contributed by atoms with Gasteiger partial charge in [0, 0.05) is 38.1 Å². The number of rotatable bonds is 5. The summed E-state index contributed by atoms with van der Waals surface area (Å²) < 4.78 is 5.48. The first-order valence-electron chi connectivity index (χ1n) is 10.2. The average molecular weight is 380 g/mol. The van der Waals surface area contributed by atoms with E-state index in [0.717, 1.165) is 57.0 Å². The number of carbonyl (C=O) groups is 1. The van der Waals surface area contributed by atoms with E-state index in [9.17, 15) is 4.79 Å². The van der Waals surface area contributed by atoms with E-state index in [1.807, 2.05) is 23.1 Å². The summed E-state index contributed by atoms with van der Waals surface area (Å²) in [6.07, 6.45) is 3.54. The first-order valence-corrected chi connectivity index (χ1v) is 10.2. The van der Waals surface area contributed by atoms with Gasteiger partial charge in [-0.1, -0.05) is 48.9 Å². The van der Waals surface area contributed by atoms with Crippen molar-refractivity contribution in [2.75, 3.05) is 44.7 Å². The Morgan fingerprint density at radius 3 is 2.32 bits per heavy atom. The second-order valence-corrected chi connectivity index (χ2v) is 7.80. The van der Waals surface area contributed by atoms with Gasteiger partial charge >= 0.3 is 6.03 Å². The SMILES string of the molecule is COc1ccccc1N1CCN(C(=O)NCC2(c3ccccc3)CCC2)CC1. The number of para-hydroxylation sites is 2. The van der Waals surface area contributed by atoms with Crippen molar-refractivity contribution in [2.45, 2.75) is 24.7 Å². The Kier molecular flexibility index (Phi) is 5.42. The molecule has 0 atom stereocenters. The van der Waals surface area contributed by atoms with Crippen LogP contribution in [0.5, 0.6) is 5.75 Å². The van der Waals surface area contributed by atoms with Crippen molar-refractivity contribution >= 4 is 11.7 Å². The number of methoxy groups -OCH3 is 1. The van der Waals surface area contributed by atoms with E-state index in [4.69, 9.17) is 4.74 Å². The third kappa shape index (κ3) is 3.66. The van der Waals surface area contributed by atoms with Gasteiger partial charge in [-0.3, -0.25) is 0 Å². The number of carbonyl (C=O) groups excluding carboxylic acids is 1. The van der Waals surface area contributed by atoms with Crippen LogP contribution in [0.25, 0.3) is 0 Å². The first kappa shape index (κ1) is 18.7. The van der Waals surface area contributed by atoms with Gasteiger partial charge in [-0.2, -0.15) is 0 Å². The second-order valence-electron chi connectivity index (χ2n) is 7.80. The number of benzene rings is 2. The van der Waals surface area contributed by atoms with Crippen LogP contribution >= 0.6 is 0 Å². The number of hydrogen-bond acceptors (Lipinski definition) is 3. The van der Waals surface area contributed by atoms with Crippen LogP contribution < -0.4 is 15.0 Å². The number of nitrogens with one attached hydrogen (secondary N) is 1. The molecule has 2 aliphatic rings. The molecule has 1 aliphatic carbocycles. The van der Waals surface area contributed by atoms with Gasteiger partial charge in [0.2, 0.25) is 0 Å². The molecule has 0 unspecified atom stereocenters. The predicted octanol–water partition coefficient (Wildman–Crippen LogP) is 3.65. The van der Waals surface area contributed by atoms with Crippen LogP contribution in [0.2, 0.25) is 0 Å². The van der Waals surface area contributed by atoms with Gasteiger partial charge in [0.25, 0.3) is 0 Å². The Morgan fingerprint density at radius 2 is 1.68 bits per heavy atom. The van der Waals surface area contributed by atoms with Gasteiger partial charge in [-0.15, -0.1) is 0 Å². The van der Waals surface area contributed by atoms with Crippen LogP contribution in [-0.2, 0) is 5.41 Å². The van der Waals surface area contributed by atoms with Gasteiger partial charge < -0.3 is 19.9 Å². The molecule has 2 aromatic rings. The van der Waals surface area contributed by atoms with E-state index in [-0.39, 0.29) is 11.4 Å². The van der Waals surface area contributed by atoms with E-state index >= 15 is 0 Å². The highest BCUT2D eigenvalue weighted by molar-refractivity contribution is 5.75. The Balaban J connectivity index is 1.32. The van der Waals surface area contributed by atoms with Crippen molar-refractivity contribution in [3.8, 4) is 5.75 Å². The number of anilines is 1. The van der Waals surface area contributed by atoms with Crippen molar-refractivity contribution < 1.29 is 9.53 Å². The van der Waals surface area contributed by atoms with Crippen LogP contribution in [0, 0.1) is 0 Å². The lowest BCUT2D eigenvalue weighted by molar-refractivity contribution is 0.180. The molecular weight excluding hydrogens is 350 g/mol. The molecule has 1 saturated heterocycles. The monoisotopic (exact) mass is 379 g/mol. The van der Waals surface area contributed by atoms with Gasteiger partial charge in [-0.05, 0) is 30.5 Å². The lowest BCUT2D eigenvalue weighted by Crippen LogP contribution is -2.54. The van der Waals surface area contributed by atoms with E-state index in [0.29, 0.717) is 0 Å². The molecule has 28 heavy (non-hydrogen) atoms. The Morgan fingerprint density at radius 1 is 1.00 bits per heavy atom. The smallest absolute Gasteiger partial charge is 0.317 e. The molecule has 0 aromatic heterocycles. The standard InChI is InChI=1S/C23H29N3O2/c1-28-21-11-6-5-10-20(21)25-14-16-26(17-15-25)22(27)24-18-23(12-7-13-23)19-8-3-2-4-9-19/h2-6,8-11H,7,12-18H2,1H3,(H,24,27). The molecule has 2 fully saturated rings. The Bertz CT molecular complexity index is 797. The number of urea groups is 1. The summed E-state index contributed by atoms with van der Waals surface area (Å²) in [6, 6.07) is 18.7. The lowest BCUT2D eigenvalue weighted by atomic mass is 9.64. The molecule has 148 valence electrons. The minimum absolute atomic E-state index is 0.0573. The topological polar surface area (TPSA) is 44.8 Å². The maximum Gasteiger partial charge on any atom is 0.317 e. The quantitative estimate of drug-likeness (QED) is 0.863. The maximum atomic E-state index is 12.8. The normalized spacial score (nSPS) is 18.3. The average Bonchev–Trinajstić information content (AvgIpc) is 2.73. The number of piperazine rings is 1. The largest absolute Gasteiger partial charge is 0.495 e. The summed E-state index contributed by atoms with van der Waals surface area (Å²) >= 11 is 0. The number of nitrogens with zero attached hydrogens (tertiary/aromatic N) is 2. The van der Waals surface area contributed by atoms with Gasteiger partial charge in [-0.25, -0.2) is 4.79 Å². The van der Waals surface area contributed by atoms with Crippen LogP contribution in [-0.4, -0.2) is 50.8 Å². The van der Waals surface area contributed by atoms with Crippen LogP contribution in [0.3, 0.4) is 0 Å². The number of hydrogen-bond donors (Lipinski definition) is 1. The molecule has 1 aliphatic heterocycles. The summed E-state index contributed by atoms with van der Waals surface area (Å²) in [5.41, 5.74) is 2.57. The van der Waals surface area contributed by atoms with E-state index in [2.05, 4.69) is 46.6 Å². The molecule has 5 nitrogen and oxygen atoms in total. The van der Waals surface area contributed by atoms with Crippen molar-refractivity contribution in [1.29, 1.82) is 0 Å². The Labute approximate surface area is 167 Å². The minimum atomic E-state index is 0.0573. The molecule has 2 aromatic carbocycles. The van der Waals surface area contributed by atoms with E-state index < -0.39 is 0 Å². The van der Waals surface area contributed by atoms with Crippen LogP contribution in [0.4, 0.5) is 10.5 Å². The summed E-state index contributed by atoms with van der Waals surface area (Å²) in [4.78, 5) is 17.0. The number of ether oxygens (including phenoxy) is 1. The summed E-state index contributed by atoms with van der Waals surface area (Å²) in [5, 5.41) is 3.21. The highest BCUT2D eigenvalue weighted by Gasteiger charge is 2.39.